The number of aromatic nitrogens is 2. The lowest BCUT2D eigenvalue weighted by Crippen LogP contribution is -2.26. The number of nitrogen functional groups attached to an aromatic ring is 1. The van der Waals surface area contributed by atoms with E-state index in [0.29, 0.717) is 23.3 Å². The average molecular weight is 219 g/mol. The van der Waals surface area contributed by atoms with Crippen LogP contribution in [-0.2, 0) is 7.05 Å². The van der Waals surface area contributed by atoms with Crippen molar-refractivity contribution in [1.82, 2.24) is 9.78 Å². The van der Waals surface area contributed by atoms with Crippen LogP contribution in [0.15, 0.2) is 0 Å². The van der Waals surface area contributed by atoms with Crippen molar-refractivity contribution < 1.29 is 0 Å². The van der Waals surface area contributed by atoms with Gasteiger partial charge in [-0.05, 0) is 25.7 Å². The van der Waals surface area contributed by atoms with Crippen molar-refractivity contribution in [1.29, 1.82) is 5.26 Å². The number of rotatable bonds is 1. The highest BCUT2D eigenvalue weighted by Gasteiger charge is 2.26. The number of hydrogen-bond acceptors (Lipinski definition) is 4. The molecule has 16 heavy (non-hydrogen) atoms. The van der Waals surface area contributed by atoms with Gasteiger partial charge < -0.3 is 11.5 Å². The average Bonchev–Trinajstić information content (AvgIpc) is 2.56. The summed E-state index contributed by atoms with van der Waals surface area (Å²) in [5.74, 6) is 0.810. The van der Waals surface area contributed by atoms with Gasteiger partial charge in [-0.1, -0.05) is 0 Å². The van der Waals surface area contributed by atoms with Gasteiger partial charge in [-0.3, -0.25) is 4.68 Å². The first-order valence-electron chi connectivity index (χ1n) is 5.61. The third kappa shape index (κ3) is 1.76. The monoisotopic (exact) mass is 219 g/mol. The standard InChI is InChI=1S/C11H17N5/c1-16-11(14)9(6-12)10(15-16)7-2-4-8(13)5-3-7/h7-8H,2-5,13-14H2,1H3. The fourth-order valence-corrected chi connectivity index (χ4v) is 2.35. The predicted molar refractivity (Wildman–Crippen MR) is 61.5 cm³/mol. The molecule has 0 aromatic carbocycles. The summed E-state index contributed by atoms with van der Waals surface area (Å²) in [6, 6.07) is 2.46. The Labute approximate surface area is 95.0 Å². The van der Waals surface area contributed by atoms with Crippen LogP contribution in [0.3, 0.4) is 0 Å². The summed E-state index contributed by atoms with van der Waals surface area (Å²) >= 11 is 0. The molecule has 0 atom stereocenters. The van der Waals surface area contributed by atoms with Crippen LogP contribution in [0, 0.1) is 11.3 Å². The minimum Gasteiger partial charge on any atom is -0.383 e. The largest absolute Gasteiger partial charge is 0.383 e. The molecule has 2 rings (SSSR count). The van der Waals surface area contributed by atoms with Crippen molar-refractivity contribution in [3.63, 3.8) is 0 Å². The van der Waals surface area contributed by atoms with Gasteiger partial charge in [-0.25, -0.2) is 0 Å². The molecule has 4 N–H and O–H groups in total. The van der Waals surface area contributed by atoms with Gasteiger partial charge in [0.05, 0.1) is 5.69 Å². The molecule has 5 nitrogen and oxygen atoms in total. The summed E-state index contributed by atoms with van der Waals surface area (Å²) in [4.78, 5) is 0. The van der Waals surface area contributed by atoms with Gasteiger partial charge in [0.2, 0.25) is 0 Å². The number of nitrogens with two attached hydrogens (primary N) is 2. The maximum absolute atomic E-state index is 9.09. The highest BCUT2D eigenvalue weighted by Crippen LogP contribution is 2.34. The first kappa shape index (κ1) is 11.0. The molecule has 0 unspecified atom stereocenters. The summed E-state index contributed by atoms with van der Waals surface area (Å²) in [5, 5.41) is 13.4. The molecule has 0 aliphatic heterocycles. The van der Waals surface area contributed by atoms with Crippen LogP contribution in [0.25, 0.3) is 0 Å². The minimum absolute atomic E-state index is 0.308. The zero-order valence-electron chi connectivity index (χ0n) is 9.48. The van der Waals surface area contributed by atoms with Crippen molar-refractivity contribution in [3.8, 4) is 6.07 Å². The second-order valence-corrected chi connectivity index (χ2v) is 4.49. The van der Waals surface area contributed by atoms with Gasteiger partial charge in [0.25, 0.3) is 0 Å². The molecule has 0 spiro atoms. The van der Waals surface area contributed by atoms with Crippen molar-refractivity contribution in [2.45, 2.75) is 37.6 Å². The first-order valence-corrected chi connectivity index (χ1v) is 5.61. The molecule has 86 valence electrons. The molecule has 0 amide bonds. The first-order chi connectivity index (χ1) is 7.63. The van der Waals surface area contributed by atoms with Crippen LogP contribution in [0.4, 0.5) is 5.82 Å². The normalized spacial score (nSPS) is 25.3. The molecule has 1 saturated carbocycles. The van der Waals surface area contributed by atoms with E-state index in [9.17, 15) is 0 Å². The fraction of sp³-hybridized carbons (Fsp3) is 0.636. The molecule has 0 bridgehead atoms. The Morgan fingerprint density at radius 2 is 2.00 bits per heavy atom. The highest BCUT2D eigenvalue weighted by atomic mass is 15.3. The van der Waals surface area contributed by atoms with E-state index in [4.69, 9.17) is 16.7 Å². The maximum atomic E-state index is 9.09. The van der Waals surface area contributed by atoms with E-state index in [0.717, 1.165) is 31.4 Å². The zero-order chi connectivity index (χ0) is 11.7. The van der Waals surface area contributed by atoms with E-state index < -0.39 is 0 Å². The van der Waals surface area contributed by atoms with E-state index in [2.05, 4.69) is 11.2 Å². The predicted octanol–water partition coefficient (Wildman–Crippen LogP) is 0.859. The summed E-state index contributed by atoms with van der Waals surface area (Å²) < 4.78 is 1.59. The van der Waals surface area contributed by atoms with Gasteiger partial charge in [0.1, 0.15) is 17.5 Å². The van der Waals surface area contributed by atoms with Crippen molar-refractivity contribution in [3.05, 3.63) is 11.3 Å². The van der Waals surface area contributed by atoms with Crippen molar-refractivity contribution >= 4 is 5.82 Å². The third-order valence-electron chi connectivity index (χ3n) is 3.39. The highest BCUT2D eigenvalue weighted by molar-refractivity contribution is 5.53. The van der Waals surface area contributed by atoms with Gasteiger partial charge in [0, 0.05) is 19.0 Å². The van der Waals surface area contributed by atoms with E-state index in [-0.39, 0.29) is 0 Å². The molecule has 1 aliphatic rings. The van der Waals surface area contributed by atoms with Crippen LogP contribution in [0.2, 0.25) is 0 Å². The number of hydrogen-bond donors (Lipinski definition) is 2. The third-order valence-corrected chi connectivity index (χ3v) is 3.39. The fourth-order valence-electron chi connectivity index (χ4n) is 2.35. The van der Waals surface area contributed by atoms with E-state index >= 15 is 0 Å². The SMILES string of the molecule is Cn1nc(C2CCC(N)CC2)c(C#N)c1N. The molecule has 1 aliphatic carbocycles. The minimum atomic E-state index is 0.308. The van der Waals surface area contributed by atoms with E-state index in [1.54, 1.807) is 11.7 Å². The Morgan fingerprint density at radius 3 is 2.56 bits per heavy atom. The topological polar surface area (TPSA) is 93.6 Å². The van der Waals surface area contributed by atoms with Crippen molar-refractivity contribution in [2.24, 2.45) is 12.8 Å². The molecular formula is C11H17N5. The number of nitriles is 1. The van der Waals surface area contributed by atoms with Crippen LogP contribution in [-0.4, -0.2) is 15.8 Å². The second-order valence-electron chi connectivity index (χ2n) is 4.49. The quantitative estimate of drug-likeness (QED) is 0.732. The van der Waals surface area contributed by atoms with Crippen LogP contribution in [0.1, 0.15) is 42.9 Å². The van der Waals surface area contributed by atoms with Crippen LogP contribution >= 0.6 is 0 Å². The second kappa shape index (κ2) is 4.14. The lowest BCUT2D eigenvalue weighted by atomic mass is 9.83. The maximum Gasteiger partial charge on any atom is 0.139 e. The van der Waals surface area contributed by atoms with E-state index in [1.807, 2.05) is 0 Å². The van der Waals surface area contributed by atoms with Crippen LogP contribution in [0.5, 0.6) is 0 Å². The Balaban J connectivity index is 2.27. The van der Waals surface area contributed by atoms with Gasteiger partial charge >= 0.3 is 0 Å². The summed E-state index contributed by atoms with van der Waals surface area (Å²) in [6.07, 6.45) is 4.02. The van der Waals surface area contributed by atoms with Crippen molar-refractivity contribution in [2.75, 3.05) is 5.73 Å². The molecule has 1 fully saturated rings. The van der Waals surface area contributed by atoms with Gasteiger partial charge in [-0.15, -0.1) is 0 Å². The van der Waals surface area contributed by atoms with E-state index in [1.165, 1.54) is 0 Å². The van der Waals surface area contributed by atoms with Crippen LogP contribution < -0.4 is 11.5 Å². The Kier molecular flexibility index (Phi) is 2.84. The summed E-state index contributed by atoms with van der Waals surface area (Å²) in [6.45, 7) is 0. The van der Waals surface area contributed by atoms with Gasteiger partial charge in [0.15, 0.2) is 0 Å². The Morgan fingerprint density at radius 1 is 1.38 bits per heavy atom. The lowest BCUT2D eigenvalue weighted by molar-refractivity contribution is 0.388. The Bertz CT molecular complexity index is 420. The Hall–Kier alpha value is -1.54. The smallest absolute Gasteiger partial charge is 0.139 e. The molecule has 0 saturated heterocycles. The number of aryl methyl sites for hydroxylation is 1. The number of anilines is 1. The lowest BCUT2D eigenvalue weighted by Gasteiger charge is -2.24. The summed E-state index contributed by atoms with van der Waals surface area (Å²) in [7, 11) is 1.77. The molecule has 1 heterocycles. The number of nitrogens with zero attached hydrogens (tertiary/aromatic N) is 3. The zero-order valence-corrected chi connectivity index (χ0v) is 9.48. The van der Waals surface area contributed by atoms with Gasteiger partial charge in [-0.2, -0.15) is 10.4 Å². The molecule has 1 aromatic rings. The molecular weight excluding hydrogens is 202 g/mol. The molecule has 1 aromatic heterocycles. The molecule has 5 heteroatoms. The summed E-state index contributed by atoms with van der Waals surface area (Å²) in [5.41, 5.74) is 13.1. The molecule has 0 radical (unpaired) electrons.